The largest absolute Gasteiger partial charge is 0.494 e. The van der Waals surface area contributed by atoms with Crippen molar-refractivity contribution >= 4 is 40.3 Å². The summed E-state index contributed by atoms with van der Waals surface area (Å²) in [4.78, 5) is 16.0. The van der Waals surface area contributed by atoms with E-state index in [1.54, 1.807) is 12.4 Å². The molecule has 0 amide bonds. The summed E-state index contributed by atoms with van der Waals surface area (Å²) in [6.45, 7) is 0. The summed E-state index contributed by atoms with van der Waals surface area (Å²) in [6, 6.07) is 17.7. The highest BCUT2D eigenvalue weighted by Crippen LogP contribution is 2.27. The van der Waals surface area contributed by atoms with Crippen LogP contribution in [0.2, 0.25) is 0 Å². The minimum atomic E-state index is -5.08. The van der Waals surface area contributed by atoms with Gasteiger partial charge in [-0.3, -0.25) is 4.98 Å². The summed E-state index contributed by atoms with van der Waals surface area (Å²) in [6.07, 6.45) is 4.41. The molecule has 176 valence electrons. The first-order valence-corrected chi connectivity index (χ1v) is 10.2. The van der Waals surface area contributed by atoms with Crippen molar-refractivity contribution in [2.45, 2.75) is 6.18 Å². The number of carboxylic acids is 1. The van der Waals surface area contributed by atoms with E-state index in [4.69, 9.17) is 9.90 Å². The van der Waals surface area contributed by atoms with Gasteiger partial charge in [-0.15, -0.1) is 10.2 Å². The molecule has 0 bridgehead atoms. The van der Waals surface area contributed by atoms with Crippen LogP contribution in [-0.4, -0.2) is 32.3 Å². The zero-order valence-electron chi connectivity index (χ0n) is 17.9. The van der Waals surface area contributed by atoms with Crippen LogP contribution in [0.25, 0.3) is 28.6 Å². The Morgan fingerprint density at radius 3 is 2.31 bits per heavy atom. The van der Waals surface area contributed by atoms with Crippen LogP contribution in [0.15, 0.2) is 83.3 Å². The fourth-order valence-corrected chi connectivity index (χ4v) is 3.34. The van der Waals surface area contributed by atoms with Crippen molar-refractivity contribution in [3.05, 3.63) is 94.8 Å². The number of aromatic nitrogens is 2. The first-order valence-electron chi connectivity index (χ1n) is 10.2. The first-order chi connectivity index (χ1) is 16.7. The highest BCUT2D eigenvalue weighted by Gasteiger charge is 2.38. The first kappa shape index (κ1) is 23.4. The average molecular weight is 478 g/mol. The molecule has 0 unspecified atom stereocenters. The molecule has 0 radical (unpaired) electrons. The molecular weight excluding hydrogens is 461 g/mol. The van der Waals surface area contributed by atoms with Gasteiger partial charge in [0.1, 0.15) is 0 Å². The van der Waals surface area contributed by atoms with Gasteiger partial charge in [-0.2, -0.15) is 13.2 Å². The highest BCUT2D eigenvalue weighted by molar-refractivity contribution is 5.94. The van der Waals surface area contributed by atoms with E-state index in [1.165, 1.54) is 0 Å². The molecule has 3 heterocycles. The Balaban J connectivity index is 0.000000364. The van der Waals surface area contributed by atoms with Gasteiger partial charge in [0.15, 0.2) is 5.88 Å². The summed E-state index contributed by atoms with van der Waals surface area (Å²) in [7, 11) is 0. The number of hydrogen-bond acceptors (Lipinski definition) is 5. The van der Waals surface area contributed by atoms with Crippen molar-refractivity contribution in [3.63, 3.8) is 0 Å². The second kappa shape index (κ2) is 9.64. The predicted molar refractivity (Wildman–Crippen MR) is 124 cm³/mol. The molecule has 4 aromatic rings. The average Bonchev–Trinajstić information content (AvgIpc) is 3.39. The number of nitrogens with zero attached hydrogens (tertiary/aromatic N) is 3. The summed E-state index contributed by atoms with van der Waals surface area (Å²) < 4.78 is 31.7. The quantitative estimate of drug-likeness (QED) is 0.398. The van der Waals surface area contributed by atoms with Gasteiger partial charge >= 0.3 is 12.1 Å². The van der Waals surface area contributed by atoms with Crippen LogP contribution in [0.4, 0.5) is 18.9 Å². The van der Waals surface area contributed by atoms with E-state index in [9.17, 15) is 18.3 Å². The SMILES string of the molecule is O=C(O)C(F)(F)F.Oc1[nH]c(C=c2ccc3c(c2)N=NC=3/C=C/c2ccncc2)c2ccccc12. The number of rotatable bonds is 3. The summed E-state index contributed by atoms with van der Waals surface area (Å²) >= 11 is 0. The number of nitrogens with one attached hydrogen (secondary N) is 1. The third-order valence-electron chi connectivity index (χ3n) is 4.98. The number of pyridine rings is 1. The normalized spacial score (nSPS) is 13.2. The third kappa shape index (κ3) is 5.44. The van der Waals surface area contributed by atoms with Crippen LogP contribution in [0, 0.1) is 0 Å². The predicted octanol–water partition coefficient (Wildman–Crippen LogP) is 4.65. The third-order valence-corrected chi connectivity index (χ3v) is 4.98. The Morgan fingerprint density at radius 1 is 0.943 bits per heavy atom. The standard InChI is InChI=1S/C23H16N4O.C2HF3O2/c28-23-18-4-2-1-3-17(18)21(25-23)13-16-5-7-19-20(26-27-22(19)14-16)8-6-15-9-11-24-12-10-15;3-2(4,5)1(6)7/h1-14,25,28H;(H,6,7)/b8-6+,16-13?;. The summed E-state index contributed by atoms with van der Waals surface area (Å²) in [5, 5.41) is 29.6. The van der Waals surface area contributed by atoms with E-state index < -0.39 is 12.1 Å². The number of carbonyl (C=O) groups is 1. The van der Waals surface area contributed by atoms with Crippen LogP contribution < -0.4 is 10.4 Å². The number of aromatic hydroxyl groups is 1. The molecule has 0 fully saturated rings. The monoisotopic (exact) mass is 478 g/mol. The number of carboxylic acid groups (broad SMARTS) is 1. The summed E-state index contributed by atoms with van der Waals surface area (Å²) in [5.74, 6) is -2.58. The Bertz CT molecular complexity index is 1570. The molecule has 2 aromatic carbocycles. The number of aliphatic carboxylic acids is 1. The van der Waals surface area contributed by atoms with Crippen molar-refractivity contribution in [1.29, 1.82) is 0 Å². The minimum Gasteiger partial charge on any atom is -0.494 e. The van der Waals surface area contributed by atoms with E-state index >= 15 is 0 Å². The van der Waals surface area contributed by atoms with Gasteiger partial charge in [0, 0.05) is 34.1 Å². The lowest BCUT2D eigenvalue weighted by Gasteiger charge is -1.94. The zero-order chi connectivity index (χ0) is 25.0. The summed E-state index contributed by atoms with van der Waals surface area (Å²) in [5.41, 5.74) is 3.60. The number of aromatic amines is 1. The molecule has 35 heavy (non-hydrogen) atoms. The van der Waals surface area contributed by atoms with Gasteiger partial charge in [0.25, 0.3) is 0 Å². The van der Waals surface area contributed by atoms with Crippen molar-refractivity contribution in [1.82, 2.24) is 9.97 Å². The minimum absolute atomic E-state index is 0.180. The number of hydrogen-bond donors (Lipinski definition) is 3. The molecule has 10 heteroatoms. The van der Waals surface area contributed by atoms with Crippen molar-refractivity contribution in [2.75, 3.05) is 0 Å². The molecule has 3 N–H and O–H groups in total. The fraction of sp³-hybridized carbons (Fsp3) is 0.0400. The maximum atomic E-state index is 10.6. The van der Waals surface area contributed by atoms with Crippen LogP contribution in [0.5, 0.6) is 5.88 Å². The molecule has 0 saturated carbocycles. The number of azo groups is 1. The molecular formula is C25H17F3N4O3. The van der Waals surface area contributed by atoms with Crippen LogP contribution in [0.3, 0.4) is 0 Å². The van der Waals surface area contributed by atoms with Crippen LogP contribution in [0.1, 0.15) is 11.3 Å². The van der Waals surface area contributed by atoms with Crippen molar-refractivity contribution in [2.24, 2.45) is 10.2 Å². The van der Waals surface area contributed by atoms with Gasteiger partial charge in [-0.25, -0.2) is 4.79 Å². The molecule has 7 nitrogen and oxygen atoms in total. The molecule has 0 atom stereocenters. The molecule has 1 aliphatic rings. The van der Waals surface area contributed by atoms with Gasteiger partial charge in [-0.1, -0.05) is 30.3 Å². The lowest BCUT2D eigenvalue weighted by Crippen LogP contribution is -2.21. The number of benzene rings is 2. The number of fused-ring (bicyclic) bond motifs is 2. The van der Waals surface area contributed by atoms with Crippen molar-refractivity contribution < 1.29 is 28.2 Å². The molecule has 5 rings (SSSR count). The van der Waals surface area contributed by atoms with Crippen LogP contribution in [-0.2, 0) is 4.79 Å². The van der Waals surface area contributed by atoms with Gasteiger partial charge in [0.05, 0.1) is 11.4 Å². The van der Waals surface area contributed by atoms with E-state index in [0.29, 0.717) is 0 Å². The number of H-pyrrole nitrogens is 1. The van der Waals surface area contributed by atoms with E-state index in [2.05, 4.69) is 20.2 Å². The Hall–Kier alpha value is -4.73. The van der Waals surface area contributed by atoms with Gasteiger partial charge < -0.3 is 15.2 Å². The lowest BCUT2D eigenvalue weighted by atomic mass is 10.1. The molecule has 0 aliphatic carbocycles. The maximum Gasteiger partial charge on any atom is 0.490 e. The number of alkyl halides is 3. The second-order valence-corrected chi connectivity index (χ2v) is 7.36. The molecule has 2 aromatic heterocycles. The Labute approximate surface area is 195 Å². The Kier molecular flexibility index (Phi) is 6.45. The maximum absolute atomic E-state index is 10.6. The van der Waals surface area contributed by atoms with E-state index in [0.717, 1.165) is 43.9 Å². The Morgan fingerprint density at radius 2 is 1.63 bits per heavy atom. The van der Waals surface area contributed by atoms with Crippen LogP contribution >= 0.6 is 0 Å². The lowest BCUT2D eigenvalue weighted by molar-refractivity contribution is -0.192. The zero-order valence-corrected chi connectivity index (χ0v) is 17.9. The molecule has 0 saturated heterocycles. The van der Waals surface area contributed by atoms with E-state index in [-0.39, 0.29) is 5.88 Å². The highest BCUT2D eigenvalue weighted by atomic mass is 19.4. The molecule has 0 spiro atoms. The van der Waals surface area contributed by atoms with Gasteiger partial charge in [-0.05, 0) is 53.3 Å². The number of halogens is 3. The van der Waals surface area contributed by atoms with E-state index in [1.807, 2.05) is 72.8 Å². The topological polar surface area (TPSA) is 111 Å². The fourth-order valence-electron chi connectivity index (χ4n) is 3.34. The smallest absolute Gasteiger partial charge is 0.490 e. The van der Waals surface area contributed by atoms with Gasteiger partial charge in [0.2, 0.25) is 0 Å². The molecule has 1 aliphatic heterocycles. The van der Waals surface area contributed by atoms with Crippen molar-refractivity contribution in [3.8, 4) is 5.88 Å². The second-order valence-electron chi connectivity index (χ2n) is 7.36.